The minimum Gasteiger partial charge on any atom is -0.350 e. The number of benzene rings is 1. The second-order valence-electron chi connectivity index (χ2n) is 5.05. The van der Waals surface area contributed by atoms with Crippen molar-refractivity contribution in [3.05, 3.63) is 35.4 Å². The van der Waals surface area contributed by atoms with Crippen molar-refractivity contribution in [1.29, 1.82) is 0 Å². The normalized spacial score (nSPS) is 13.2. The van der Waals surface area contributed by atoms with Gasteiger partial charge in [0.2, 0.25) is 5.91 Å². The lowest BCUT2D eigenvalue weighted by Gasteiger charge is -2.29. The second kappa shape index (κ2) is 5.67. The van der Waals surface area contributed by atoms with Gasteiger partial charge in [-0.25, -0.2) is 0 Å². The van der Waals surface area contributed by atoms with E-state index in [2.05, 4.69) is 21.2 Å². The van der Waals surface area contributed by atoms with Crippen LogP contribution in [-0.2, 0) is 11.2 Å². The van der Waals surface area contributed by atoms with Crippen LogP contribution < -0.4 is 5.32 Å². The molecule has 0 spiro atoms. The van der Waals surface area contributed by atoms with Crippen molar-refractivity contribution in [1.82, 2.24) is 5.32 Å². The Labute approximate surface area is 112 Å². The van der Waals surface area contributed by atoms with Crippen LogP contribution in [0.1, 0.15) is 31.9 Å². The van der Waals surface area contributed by atoms with Gasteiger partial charge in [-0.1, -0.05) is 52.7 Å². The van der Waals surface area contributed by atoms with Crippen LogP contribution in [-0.4, -0.2) is 16.3 Å². The van der Waals surface area contributed by atoms with Crippen molar-refractivity contribution in [3.63, 3.8) is 0 Å². The molecule has 1 atom stereocenters. The molecule has 17 heavy (non-hydrogen) atoms. The van der Waals surface area contributed by atoms with E-state index in [-0.39, 0.29) is 16.3 Å². The zero-order valence-corrected chi connectivity index (χ0v) is 12.5. The van der Waals surface area contributed by atoms with Gasteiger partial charge in [-0.05, 0) is 26.3 Å². The third-order valence-corrected chi connectivity index (χ3v) is 4.05. The number of aryl methyl sites for hydroxylation is 1. The smallest absolute Gasteiger partial charge is 0.224 e. The third-order valence-electron chi connectivity index (χ3n) is 2.90. The Balaban J connectivity index is 2.62. The molecule has 0 aliphatic heterocycles. The number of carbonyl (C=O) groups excluding carboxylic acids is 1. The fourth-order valence-corrected chi connectivity index (χ4v) is 1.62. The molecule has 1 rings (SSSR count). The molecule has 94 valence electrons. The molecule has 0 radical (unpaired) electrons. The van der Waals surface area contributed by atoms with Crippen LogP contribution in [0.3, 0.4) is 0 Å². The van der Waals surface area contributed by atoms with Crippen LogP contribution in [0.2, 0.25) is 0 Å². The highest BCUT2D eigenvalue weighted by molar-refractivity contribution is 9.09. The molecule has 3 heteroatoms. The van der Waals surface area contributed by atoms with E-state index in [9.17, 15) is 4.79 Å². The SMILES string of the molecule is Cc1cccc(CC(=O)NC(C)(C)C(C)Br)c1. The molecular weight excluding hydrogens is 278 g/mol. The molecule has 0 aliphatic carbocycles. The summed E-state index contributed by atoms with van der Waals surface area (Å²) in [4.78, 5) is 12.1. The number of alkyl halides is 1. The molecule has 1 amide bonds. The average Bonchev–Trinajstić information content (AvgIpc) is 2.15. The first-order chi connectivity index (χ1) is 7.81. The maximum absolute atomic E-state index is 11.9. The summed E-state index contributed by atoms with van der Waals surface area (Å²) in [5.41, 5.74) is 2.00. The molecule has 1 unspecified atom stereocenters. The van der Waals surface area contributed by atoms with Crippen molar-refractivity contribution in [2.45, 2.75) is 44.5 Å². The summed E-state index contributed by atoms with van der Waals surface area (Å²) in [6.45, 7) is 8.10. The topological polar surface area (TPSA) is 29.1 Å². The standard InChI is InChI=1S/C14H20BrNO/c1-10-6-5-7-12(8-10)9-13(17)16-14(3,4)11(2)15/h5-8,11H,9H2,1-4H3,(H,16,17). The minimum atomic E-state index is -0.235. The lowest BCUT2D eigenvalue weighted by molar-refractivity contribution is -0.121. The van der Waals surface area contributed by atoms with Crippen molar-refractivity contribution >= 4 is 21.8 Å². The van der Waals surface area contributed by atoms with Crippen LogP contribution in [0.5, 0.6) is 0 Å². The van der Waals surface area contributed by atoms with Gasteiger partial charge in [-0.15, -0.1) is 0 Å². The fraction of sp³-hybridized carbons (Fsp3) is 0.500. The van der Waals surface area contributed by atoms with Gasteiger partial charge in [0.1, 0.15) is 0 Å². The Kier molecular flexibility index (Phi) is 4.75. The summed E-state index contributed by atoms with van der Waals surface area (Å²) in [6.07, 6.45) is 0.435. The van der Waals surface area contributed by atoms with Crippen LogP contribution in [0.25, 0.3) is 0 Å². The number of carbonyl (C=O) groups is 1. The molecule has 1 aromatic rings. The van der Waals surface area contributed by atoms with E-state index in [4.69, 9.17) is 0 Å². The van der Waals surface area contributed by atoms with Gasteiger partial charge in [-0.3, -0.25) is 4.79 Å². The van der Waals surface area contributed by atoms with E-state index in [0.717, 1.165) is 5.56 Å². The first-order valence-corrected chi connectivity index (χ1v) is 6.73. The Morgan fingerprint density at radius 3 is 2.65 bits per heavy atom. The Morgan fingerprint density at radius 2 is 2.12 bits per heavy atom. The first kappa shape index (κ1) is 14.2. The predicted octanol–water partition coefficient (Wildman–Crippen LogP) is 3.22. The van der Waals surface area contributed by atoms with E-state index < -0.39 is 0 Å². The monoisotopic (exact) mass is 297 g/mol. The summed E-state index contributed by atoms with van der Waals surface area (Å²) in [7, 11) is 0. The maximum atomic E-state index is 11.9. The van der Waals surface area contributed by atoms with Gasteiger partial charge in [0.25, 0.3) is 0 Å². The van der Waals surface area contributed by atoms with Gasteiger partial charge in [0.05, 0.1) is 6.42 Å². The van der Waals surface area contributed by atoms with E-state index in [1.807, 2.05) is 52.0 Å². The molecule has 2 nitrogen and oxygen atoms in total. The molecule has 0 heterocycles. The zero-order chi connectivity index (χ0) is 13.1. The van der Waals surface area contributed by atoms with Crippen LogP contribution in [0.15, 0.2) is 24.3 Å². The number of nitrogens with one attached hydrogen (secondary N) is 1. The van der Waals surface area contributed by atoms with Crippen molar-refractivity contribution < 1.29 is 4.79 Å². The highest BCUT2D eigenvalue weighted by atomic mass is 79.9. The number of rotatable bonds is 4. The average molecular weight is 298 g/mol. The molecule has 0 saturated carbocycles. The molecule has 0 bridgehead atoms. The first-order valence-electron chi connectivity index (χ1n) is 5.82. The summed E-state index contributed by atoms with van der Waals surface area (Å²) in [5, 5.41) is 3.04. The molecular formula is C14H20BrNO. The number of hydrogen-bond acceptors (Lipinski definition) is 1. The Morgan fingerprint density at radius 1 is 1.47 bits per heavy atom. The van der Waals surface area contributed by atoms with E-state index in [1.165, 1.54) is 5.56 Å². The Bertz CT molecular complexity index is 399. The highest BCUT2D eigenvalue weighted by Crippen LogP contribution is 2.16. The number of amides is 1. The fourth-order valence-electron chi connectivity index (χ4n) is 1.51. The van der Waals surface area contributed by atoms with Crippen molar-refractivity contribution in [2.75, 3.05) is 0 Å². The van der Waals surface area contributed by atoms with Gasteiger partial charge in [0, 0.05) is 10.4 Å². The number of halogens is 1. The largest absolute Gasteiger partial charge is 0.350 e. The summed E-state index contributed by atoms with van der Waals surface area (Å²) in [6, 6.07) is 8.05. The van der Waals surface area contributed by atoms with E-state index in [1.54, 1.807) is 0 Å². The molecule has 1 N–H and O–H groups in total. The zero-order valence-electron chi connectivity index (χ0n) is 10.9. The predicted molar refractivity (Wildman–Crippen MR) is 75.5 cm³/mol. The van der Waals surface area contributed by atoms with Gasteiger partial charge >= 0.3 is 0 Å². The molecule has 0 saturated heterocycles. The molecule has 1 aromatic carbocycles. The van der Waals surface area contributed by atoms with Crippen LogP contribution >= 0.6 is 15.9 Å². The summed E-state index contributed by atoms with van der Waals surface area (Å²) < 4.78 is 0. The van der Waals surface area contributed by atoms with Crippen molar-refractivity contribution in [3.8, 4) is 0 Å². The van der Waals surface area contributed by atoms with E-state index >= 15 is 0 Å². The second-order valence-corrected chi connectivity index (χ2v) is 6.43. The summed E-state index contributed by atoms with van der Waals surface area (Å²) in [5.74, 6) is 0.0619. The maximum Gasteiger partial charge on any atom is 0.224 e. The quantitative estimate of drug-likeness (QED) is 0.850. The highest BCUT2D eigenvalue weighted by Gasteiger charge is 2.25. The van der Waals surface area contributed by atoms with E-state index in [0.29, 0.717) is 6.42 Å². The molecule has 0 fully saturated rings. The number of hydrogen-bond donors (Lipinski definition) is 1. The summed E-state index contributed by atoms with van der Waals surface area (Å²) >= 11 is 3.51. The van der Waals surface area contributed by atoms with Gasteiger partial charge < -0.3 is 5.32 Å². The lowest BCUT2D eigenvalue weighted by Crippen LogP contribution is -2.49. The Hall–Kier alpha value is -0.830. The van der Waals surface area contributed by atoms with Crippen LogP contribution in [0.4, 0.5) is 0 Å². The minimum absolute atomic E-state index is 0.0619. The molecule has 0 aromatic heterocycles. The van der Waals surface area contributed by atoms with Crippen LogP contribution in [0, 0.1) is 6.92 Å². The van der Waals surface area contributed by atoms with Gasteiger partial charge in [-0.2, -0.15) is 0 Å². The van der Waals surface area contributed by atoms with Gasteiger partial charge in [0.15, 0.2) is 0 Å². The van der Waals surface area contributed by atoms with Crippen molar-refractivity contribution in [2.24, 2.45) is 0 Å². The lowest BCUT2D eigenvalue weighted by atomic mass is 10.0. The third kappa shape index (κ3) is 4.50. The molecule has 0 aliphatic rings.